The van der Waals surface area contributed by atoms with Crippen molar-refractivity contribution >= 4 is 15.9 Å². The van der Waals surface area contributed by atoms with Crippen molar-refractivity contribution in [3.05, 3.63) is 65.7 Å². The van der Waals surface area contributed by atoms with Crippen LogP contribution in [0.15, 0.2) is 59.5 Å². The lowest BCUT2D eigenvalue weighted by molar-refractivity contribution is -0.121. The lowest BCUT2D eigenvalue weighted by atomic mass is 10.1. The second kappa shape index (κ2) is 11.4. The molecule has 0 aliphatic carbocycles. The molecule has 6 nitrogen and oxygen atoms in total. The summed E-state index contributed by atoms with van der Waals surface area (Å²) in [6.45, 7) is 4.38. The Labute approximate surface area is 185 Å². The predicted octanol–water partition coefficient (Wildman–Crippen LogP) is 3.69. The maximum atomic E-state index is 12.6. The summed E-state index contributed by atoms with van der Waals surface area (Å²) in [6, 6.07) is 16.9. The topological polar surface area (TPSA) is 75.7 Å². The van der Waals surface area contributed by atoms with Crippen molar-refractivity contribution in [2.45, 2.75) is 50.0 Å². The molecule has 0 bridgehead atoms. The molecule has 1 N–H and O–H groups in total. The van der Waals surface area contributed by atoms with Gasteiger partial charge in [-0.15, -0.1) is 0 Å². The first-order valence-corrected chi connectivity index (χ1v) is 12.4. The summed E-state index contributed by atoms with van der Waals surface area (Å²) < 4.78 is 32.5. The number of carbonyl (C=O) groups is 1. The monoisotopic (exact) mass is 444 g/mol. The molecule has 1 saturated heterocycles. The van der Waals surface area contributed by atoms with Crippen LogP contribution < -0.4 is 5.32 Å². The zero-order chi connectivity index (χ0) is 22.1. The number of rotatable bonds is 11. The SMILES string of the molecule is CC(OCCCNC(=O)CCc1ccc(S(=O)(=O)N2CCCC2)cc1)c1ccccc1. The van der Waals surface area contributed by atoms with Crippen LogP contribution in [0.4, 0.5) is 0 Å². The van der Waals surface area contributed by atoms with E-state index in [1.165, 1.54) is 0 Å². The van der Waals surface area contributed by atoms with Gasteiger partial charge in [-0.05, 0) is 55.9 Å². The first-order valence-electron chi connectivity index (χ1n) is 11.0. The number of nitrogens with zero attached hydrogens (tertiary/aromatic N) is 1. The van der Waals surface area contributed by atoms with Crippen molar-refractivity contribution in [1.82, 2.24) is 9.62 Å². The molecule has 0 radical (unpaired) electrons. The number of aryl methyl sites for hydroxylation is 1. The smallest absolute Gasteiger partial charge is 0.243 e. The third kappa shape index (κ3) is 6.89. The number of hydrogen-bond donors (Lipinski definition) is 1. The highest BCUT2D eigenvalue weighted by Gasteiger charge is 2.26. The first-order chi connectivity index (χ1) is 15.0. The number of ether oxygens (including phenoxy) is 1. The van der Waals surface area contributed by atoms with Crippen LogP contribution in [0.25, 0.3) is 0 Å². The molecule has 0 spiro atoms. The summed E-state index contributed by atoms with van der Waals surface area (Å²) in [5.74, 6) is -0.00938. The van der Waals surface area contributed by atoms with Crippen molar-refractivity contribution < 1.29 is 17.9 Å². The average Bonchev–Trinajstić information content (AvgIpc) is 3.34. The largest absolute Gasteiger partial charge is 0.374 e. The molecule has 2 aromatic carbocycles. The molecule has 0 aromatic heterocycles. The fraction of sp³-hybridized carbons (Fsp3) is 0.458. The number of hydrogen-bond acceptors (Lipinski definition) is 4. The van der Waals surface area contributed by atoms with Crippen molar-refractivity contribution in [2.75, 3.05) is 26.2 Å². The van der Waals surface area contributed by atoms with Crippen LogP contribution >= 0.6 is 0 Å². The quantitative estimate of drug-likeness (QED) is 0.537. The standard InChI is InChI=1S/C24H32N2O4S/c1-20(22-8-3-2-4-9-22)30-19-7-16-25-24(27)15-12-21-10-13-23(14-11-21)31(28,29)26-17-5-6-18-26/h2-4,8-11,13-14,20H,5-7,12,15-19H2,1H3,(H,25,27). The van der Waals surface area contributed by atoms with Gasteiger partial charge >= 0.3 is 0 Å². The molecule has 7 heteroatoms. The van der Waals surface area contributed by atoms with E-state index in [1.54, 1.807) is 28.6 Å². The maximum absolute atomic E-state index is 12.6. The minimum Gasteiger partial charge on any atom is -0.374 e. The zero-order valence-electron chi connectivity index (χ0n) is 18.1. The van der Waals surface area contributed by atoms with Gasteiger partial charge in [0.05, 0.1) is 11.0 Å². The Kier molecular flexibility index (Phi) is 8.63. The summed E-state index contributed by atoms with van der Waals surface area (Å²) >= 11 is 0. The molecule has 1 aliphatic heterocycles. The van der Waals surface area contributed by atoms with E-state index in [1.807, 2.05) is 37.3 Å². The molecule has 3 rings (SSSR count). The maximum Gasteiger partial charge on any atom is 0.243 e. The third-order valence-corrected chi connectivity index (χ3v) is 7.46. The molecule has 1 atom stereocenters. The molecule has 1 amide bonds. The van der Waals surface area contributed by atoms with E-state index in [2.05, 4.69) is 5.32 Å². The fourth-order valence-corrected chi connectivity index (χ4v) is 5.15. The second-order valence-electron chi connectivity index (χ2n) is 7.88. The van der Waals surface area contributed by atoms with Gasteiger partial charge in [0.25, 0.3) is 0 Å². The molecule has 168 valence electrons. The number of sulfonamides is 1. The van der Waals surface area contributed by atoms with E-state index < -0.39 is 10.0 Å². The summed E-state index contributed by atoms with van der Waals surface area (Å²) in [7, 11) is -3.39. The van der Waals surface area contributed by atoms with Crippen LogP contribution in [0.2, 0.25) is 0 Å². The third-order valence-electron chi connectivity index (χ3n) is 5.55. The van der Waals surface area contributed by atoms with Gasteiger partial charge < -0.3 is 10.1 Å². The molecule has 2 aromatic rings. The van der Waals surface area contributed by atoms with Crippen molar-refractivity contribution in [3.8, 4) is 0 Å². The van der Waals surface area contributed by atoms with Gasteiger partial charge in [0.1, 0.15) is 0 Å². The number of amides is 1. The molecular formula is C24H32N2O4S. The Morgan fingerprint density at radius 3 is 2.42 bits per heavy atom. The van der Waals surface area contributed by atoms with Crippen LogP contribution in [0.5, 0.6) is 0 Å². The number of nitrogens with one attached hydrogen (secondary N) is 1. The van der Waals surface area contributed by atoms with E-state index in [0.29, 0.717) is 44.0 Å². The summed E-state index contributed by atoms with van der Waals surface area (Å²) in [5.41, 5.74) is 2.10. The lowest BCUT2D eigenvalue weighted by Crippen LogP contribution is -2.27. The zero-order valence-corrected chi connectivity index (χ0v) is 18.9. The van der Waals surface area contributed by atoms with Crippen LogP contribution in [-0.2, 0) is 26.0 Å². The van der Waals surface area contributed by atoms with Gasteiger partial charge in [0.15, 0.2) is 0 Å². The minimum absolute atomic E-state index is 0.00938. The molecule has 1 fully saturated rings. The number of carbonyl (C=O) groups excluding carboxylic acids is 1. The van der Waals surface area contributed by atoms with Gasteiger partial charge in [-0.25, -0.2) is 8.42 Å². The van der Waals surface area contributed by atoms with Crippen LogP contribution in [-0.4, -0.2) is 44.9 Å². The highest BCUT2D eigenvalue weighted by Crippen LogP contribution is 2.21. The first kappa shape index (κ1) is 23.4. The normalized spacial score (nSPS) is 15.6. The van der Waals surface area contributed by atoms with Crippen molar-refractivity contribution in [2.24, 2.45) is 0 Å². The summed E-state index contributed by atoms with van der Waals surface area (Å²) in [5, 5.41) is 2.92. The average molecular weight is 445 g/mol. The Hall–Kier alpha value is -2.22. The Morgan fingerprint density at radius 2 is 1.74 bits per heavy atom. The Balaban J connectivity index is 1.33. The van der Waals surface area contributed by atoms with Gasteiger partial charge in [-0.3, -0.25) is 4.79 Å². The van der Waals surface area contributed by atoms with E-state index in [0.717, 1.165) is 30.4 Å². The van der Waals surface area contributed by atoms with Gasteiger partial charge in [-0.2, -0.15) is 4.31 Å². The van der Waals surface area contributed by atoms with Crippen molar-refractivity contribution in [1.29, 1.82) is 0 Å². The van der Waals surface area contributed by atoms with Gasteiger partial charge in [0.2, 0.25) is 15.9 Å². The van der Waals surface area contributed by atoms with E-state index >= 15 is 0 Å². The summed E-state index contributed by atoms with van der Waals surface area (Å²) in [6.07, 6.45) is 3.59. The van der Waals surface area contributed by atoms with Crippen LogP contribution in [0.3, 0.4) is 0 Å². The fourth-order valence-electron chi connectivity index (χ4n) is 3.63. The second-order valence-corrected chi connectivity index (χ2v) is 9.82. The van der Waals surface area contributed by atoms with Crippen LogP contribution in [0.1, 0.15) is 49.8 Å². The lowest BCUT2D eigenvalue weighted by Gasteiger charge is -2.15. The Bertz CT molecular complexity index is 924. The van der Waals surface area contributed by atoms with E-state index in [-0.39, 0.29) is 12.0 Å². The van der Waals surface area contributed by atoms with Gasteiger partial charge in [-0.1, -0.05) is 42.5 Å². The molecule has 0 saturated carbocycles. The number of benzene rings is 2. The van der Waals surface area contributed by atoms with E-state index in [4.69, 9.17) is 4.74 Å². The van der Waals surface area contributed by atoms with Gasteiger partial charge in [0, 0.05) is 32.7 Å². The molecule has 1 heterocycles. The minimum atomic E-state index is -3.39. The highest BCUT2D eigenvalue weighted by molar-refractivity contribution is 7.89. The molecule has 1 aliphatic rings. The van der Waals surface area contributed by atoms with E-state index in [9.17, 15) is 13.2 Å². The molecule has 31 heavy (non-hydrogen) atoms. The highest BCUT2D eigenvalue weighted by atomic mass is 32.2. The summed E-state index contributed by atoms with van der Waals surface area (Å²) in [4.78, 5) is 12.4. The van der Waals surface area contributed by atoms with Crippen molar-refractivity contribution in [3.63, 3.8) is 0 Å². The Morgan fingerprint density at radius 1 is 1.06 bits per heavy atom. The van der Waals surface area contributed by atoms with Crippen LogP contribution in [0, 0.1) is 0 Å². The predicted molar refractivity (Wildman–Crippen MR) is 121 cm³/mol. The molecular weight excluding hydrogens is 412 g/mol. The molecule has 1 unspecified atom stereocenters.